The molecular weight excluding hydrogens is 640 g/mol. The topological polar surface area (TPSA) is 79.1 Å². The average Bonchev–Trinajstić information content (AvgIpc) is 3.26. The van der Waals surface area contributed by atoms with Crippen molar-refractivity contribution >= 4 is 50.9 Å². The lowest BCUT2D eigenvalue weighted by atomic mass is 9.95. The molecule has 3 aromatic carbocycles. The summed E-state index contributed by atoms with van der Waals surface area (Å²) in [6.45, 7) is 6.02. The SMILES string of the molecule is CCOC(=O)C1=C(C)N=c2s/c(=C/c3cc(Cl)c(OCc4ccc(Br)cc4)c(OC)c3)c(=O)n2[C@@H]1c1ccc(C)cc1. The Morgan fingerprint density at radius 3 is 2.50 bits per heavy atom. The zero-order chi connectivity index (χ0) is 30.0. The van der Waals surface area contributed by atoms with Crippen LogP contribution in [0.4, 0.5) is 0 Å². The fourth-order valence-corrected chi connectivity index (χ4v) is 6.29. The van der Waals surface area contributed by atoms with E-state index in [0.717, 1.165) is 21.2 Å². The second-order valence-corrected chi connectivity index (χ2v) is 12.0. The molecule has 0 saturated heterocycles. The fourth-order valence-electron chi connectivity index (χ4n) is 4.71. The Bertz CT molecular complexity index is 1860. The monoisotopic (exact) mass is 666 g/mol. The van der Waals surface area contributed by atoms with Crippen molar-refractivity contribution in [3.8, 4) is 11.5 Å². The van der Waals surface area contributed by atoms with E-state index in [4.69, 9.17) is 25.8 Å². The van der Waals surface area contributed by atoms with Gasteiger partial charge in [-0.05, 0) is 67.8 Å². The summed E-state index contributed by atoms with van der Waals surface area (Å²) in [5.41, 5.74) is 4.08. The molecule has 2 heterocycles. The van der Waals surface area contributed by atoms with Gasteiger partial charge in [0.05, 0.1) is 40.6 Å². The molecule has 0 saturated carbocycles. The molecule has 7 nitrogen and oxygen atoms in total. The number of carbonyl (C=O) groups excluding carboxylic acids is 1. The van der Waals surface area contributed by atoms with E-state index in [-0.39, 0.29) is 12.2 Å². The predicted molar refractivity (Wildman–Crippen MR) is 168 cm³/mol. The predicted octanol–water partition coefficient (Wildman–Crippen LogP) is 6.11. The van der Waals surface area contributed by atoms with Crippen molar-refractivity contribution in [3.63, 3.8) is 0 Å². The Morgan fingerprint density at radius 1 is 1.12 bits per heavy atom. The molecular formula is C32H28BrClN2O5S. The second kappa shape index (κ2) is 12.7. The number of nitrogens with zero attached hydrogens (tertiary/aromatic N) is 2. The molecule has 0 N–H and O–H groups in total. The number of halogens is 2. The molecule has 0 amide bonds. The maximum atomic E-state index is 13.9. The van der Waals surface area contributed by atoms with Crippen LogP contribution in [0.1, 0.15) is 42.1 Å². The van der Waals surface area contributed by atoms with Gasteiger partial charge in [0.15, 0.2) is 16.3 Å². The Kier molecular flexibility index (Phi) is 9.01. The quantitative estimate of drug-likeness (QED) is 0.212. The normalized spacial score (nSPS) is 14.8. The van der Waals surface area contributed by atoms with E-state index in [1.165, 1.54) is 18.4 Å². The summed E-state index contributed by atoms with van der Waals surface area (Å²) in [5, 5.41) is 0.350. The van der Waals surface area contributed by atoms with Gasteiger partial charge in [-0.3, -0.25) is 9.36 Å². The Morgan fingerprint density at radius 2 is 1.83 bits per heavy atom. The van der Waals surface area contributed by atoms with Crippen molar-refractivity contribution in [3.05, 3.63) is 123 Å². The van der Waals surface area contributed by atoms with Gasteiger partial charge in [0.25, 0.3) is 5.56 Å². The van der Waals surface area contributed by atoms with Gasteiger partial charge in [0.1, 0.15) is 6.61 Å². The molecule has 0 aliphatic carbocycles. The molecule has 0 fully saturated rings. The Labute approximate surface area is 260 Å². The summed E-state index contributed by atoms with van der Waals surface area (Å²) in [5.74, 6) is 0.361. The Hall–Kier alpha value is -3.66. The number of methoxy groups -OCH3 is 1. The maximum absolute atomic E-state index is 13.9. The minimum Gasteiger partial charge on any atom is -0.493 e. The summed E-state index contributed by atoms with van der Waals surface area (Å²) in [4.78, 5) is 32.1. The van der Waals surface area contributed by atoms with E-state index in [1.807, 2.05) is 55.5 Å². The molecule has 10 heteroatoms. The molecule has 1 aliphatic rings. The zero-order valence-corrected chi connectivity index (χ0v) is 26.6. The highest BCUT2D eigenvalue weighted by molar-refractivity contribution is 9.10. The number of allylic oxidation sites excluding steroid dienone is 1. The third-order valence-electron chi connectivity index (χ3n) is 6.76. The first kappa shape index (κ1) is 29.8. The highest BCUT2D eigenvalue weighted by Crippen LogP contribution is 2.37. The van der Waals surface area contributed by atoms with Gasteiger partial charge >= 0.3 is 5.97 Å². The van der Waals surface area contributed by atoms with Crippen LogP contribution in [0.2, 0.25) is 5.02 Å². The first-order chi connectivity index (χ1) is 20.2. The number of esters is 1. The van der Waals surface area contributed by atoms with Crippen LogP contribution in [0, 0.1) is 6.92 Å². The van der Waals surface area contributed by atoms with Gasteiger partial charge in [-0.15, -0.1) is 0 Å². The molecule has 0 radical (unpaired) electrons. The van der Waals surface area contributed by atoms with E-state index in [0.29, 0.717) is 49.3 Å². The number of fused-ring (bicyclic) bond motifs is 1. The van der Waals surface area contributed by atoms with Crippen LogP contribution in [0.15, 0.2) is 86.2 Å². The lowest BCUT2D eigenvalue weighted by Crippen LogP contribution is -2.39. The lowest BCUT2D eigenvalue weighted by Gasteiger charge is -2.24. The van der Waals surface area contributed by atoms with E-state index in [9.17, 15) is 9.59 Å². The van der Waals surface area contributed by atoms with Crippen LogP contribution < -0.4 is 24.4 Å². The van der Waals surface area contributed by atoms with E-state index >= 15 is 0 Å². The van der Waals surface area contributed by atoms with Crippen molar-refractivity contribution in [1.82, 2.24) is 4.57 Å². The van der Waals surface area contributed by atoms with Crippen molar-refractivity contribution in [2.45, 2.75) is 33.4 Å². The fraction of sp³-hybridized carbons (Fsp3) is 0.219. The Balaban J connectivity index is 1.56. The van der Waals surface area contributed by atoms with Crippen LogP contribution in [-0.2, 0) is 16.1 Å². The smallest absolute Gasteiger partial charge is 0.338 e. The number of carbonyl (C=O) groups is 1. The summed E-state index contributed by atoms with van der Waals surface area (Å²) >= 11 is 11.3. The van der Waals surface area contributed by atoms with Crippen molar-refractivity contribution in [2.75, 3.05) is 13.7 Å². The molecule has 0 bridgehead atoms. The summed E-state index contributed by atoms with van der Waals surface area (Å²) in [6, 6.07) is 18.4. The third-order valence-corrected chi connectivity index (χ3v) is 8.55. The molecule has 1 aliphatic heterocycles. The van der Waals surface area contributed by atoms with Crippen LogP contribution in [0.25, 0.3) is 6.08 Å². The first-order valence-corrected chi connectivity index (χ1v) is 15.2. The largest absolute Gasteiger partial charge is 0.493 e. The van der Waals surface area contributed by atoms with Gasteiger partial charge in [0, 0.05) is 4.47 Å². The molecule has 4 aromatic rings. The van der Waals surface area contributed by atoms with Crippen LogP contribution in [-0.4, -0.2) is 24.3 Å². The lowest BCUT2D eigenvalue weighted by molar-refractivity contribution is -0.139. The molecule has 1 atom stereocenters. The third kappa shape index (κ3) is 6.09. The highest BCUT2D eigenvalue weighted by Gasteiger charge is 2.33. The van der Waals surface area contributed by atoms with E-state index in [1.54, 1.807) is 36.6 Å². The number of rotatable bonds is 8. The van der Waals surface area contributed by atoms with Gasteiger partial charge < -0.3 is 14.2 Å². The summed E-state index contributed by atoms with van der Waals surface area (Å²) in [6.07, 6.45) is 1.74. The van der Waals surface area contributed by atoms with Gasteiger partial charge in [-0.25, -0.2) is 9.79 Å². The van der Waals surface area contributed by atoms with Crippen molar-refractivity contribution in [2.24, 2.45) is 4.99 Å². The van der Waals surface area contributed by atoms with Gasteiger partial charge in [-0.1, -0.05) is 80.8 Å². The number of benzene rings is 3. The van der Waals surface area contributed by atoms with Crippen LogP contribution in [0.3, 0.4) is 0 Å². The molecule has 216 valence electrons. The number of ether oxygens (including phenoxy) is 3. The minimum atomic E-state index is -0.671. The second-order valence-electron chi connectivity index (χ2n) is 9.66. The van der Waals surface area contributed by atoms with Gasteiger partial charge in [-0.2, -0.15) is 0 Å². The number of hydrogen-bond acceptors (Lipinski definition) is 7. The molecule has 1 aromatic heterocycles. The molecule has 0 unspecified atom stereocenters. The first-order valence-electron chi connectivity index (χ1n) is 13.2. The number of hydrogen-bond donors (Lipinski definition) is 0. The number of aromatic nitrogens is 1. The van der Waals surface area contributed by atoms with E-state index in [2.05, 4.69) is 20.9 Å². The van der Waals surface area contributed by atoms with Crippen molar-refractivity contribution < 1.29 is 19.0 Å². The van der Waals surface area contributed by atoms with Crippen molar-refractivity contribution in [1.29, 1.82) is 0 Å². The minimum absolute atomic E-state index is 0.214. The van der Waals surface area contributed by atoms with Crippen LogP contribution in [0.5, 0.6) is 11.5 Å². The highest BCUT2D eigenvalue weighted by atomic mass is 79.9. The maximum Gasteiger partial charge on any atom is 0.338 e. The van der Waals surface area contributed by atoms with Crippen LogP contribution >= 0.6 is 38.9 Å². The standard InChI is InChI=1S/C32H28BrClN2O5S/c1-5-40-31(38)27-19(3)35-32-36(28(27)22-10-6-18(2)7-11-22)30(37)26(42-32)16-21-14-24(34)29(25(15-21)39-4)41-17-20-8-12-23(33)13-9-20/h6-16,28H,5,17H2,1-4H3/b26-16+/t28-/m1/s1. The number of aryl methyl sites for hydroxylation is 1. The number of thiazole rings is 1. The summed E-state index contributed by atoms with van der Waals surface area (Å²) < 4.78 is 19.9. The summed E-state index contributed by atoms with van der Waals surface area (Å²) in [7, 11) is 1.54. The molecule has 42 heavy (non-hydrogen) atoms. The van der Waals surface area contributed by atoms with E-state index < -0.39 is 12.0 Å². The molecule has 5 rings (SSSR count). The molecule has 0 spiro atoms. The van der Waals surface area contributed by atoms with Gasteiger partial charge in [0.2, 0.25) is 0 Å². The average molecular weight is 668 g/mol. The zero-order valence-electron chi connectivity index (χ0n) is 23.4.